The monoisotopic (exact) mass is 527 g/mol. The van der Waals surface area contributed by atoms with Crippen molar-refractivity contribution in [1.29, 1.82) is 0 Å². The van der Waals surface area contributed by atoms with Gasteiger partial charge in [-0.05, 0) is 36.1 Å². The van der Waals surface area contributed by atoms with Crippen molar-refractivity contribution >= 4 is 29.4 Å². The van der Waals surface area contributed by atoms with Crippen LogP contribution in [0.3, 0.4) is 0 Å². The van der Waals surface area contributed by atoms with Crippen molar-refractivity contribution in [3.05, 3.63) is 111 Å². The zero-order valence-electron chi connectivity index (χ0n) is 20.8. The Labute approximate surface area is 223 Å². The van der Waals surface area contributed by atoms with Crippen LogP contribution < -0.4 is 5.32 Å². The summed E-state index contributed by atoms with van der Waals surface area (Å²) < 4.78 is 6.91. The first-order valence-corrected chi connectivity index (χ1v) is 13.1. The van der Waals surface area contributed by atoms with Crippen LogP contribution in [0.1, 0.15) is 31.0 Å². The van der Waals surface area contributed by atoms with Gasteiger partial charge < -0.3 is 10.1 Å². The van der Waals surface area contributed by atoms with Crippen LogP contribution in [-0.4, -0.2) is 32.3 Å². The fraction of sp³-hybridized carbons (Fsp3) is 0.179. The van der Waals surface area contributed by atoms with E-state index in [1.807, 2.05) is 18.2 Å². The number of nitrogens with zero attached hydrogens (tertiary/aromatic N) is 4. The molecule has 1 aliphatic rings. The largest absolute Gasteiger partial charge is 0.463 e. The average Bonchev–Trinajstić information content (AvgIpc) is 3.34. The van der Waals surface area contributed by atoms with Gasteiger partial charge in [0.15, 0.2) is 0 Å². The number of thioether (sulfide) groups is 1. The minimum absolute atomic E-state index is 0.0721. The molecule has 10 heteroatoms. The quantitative estimate of drug-likeness (QED) is 0.129. The molecule has 0 unspecified atom stereocenters. The van der Waals surface area contributed by atoms with Gasteiger partial charge in [0.05, 0.1) is 17.1 Å². The molecule has 1 aromatic heterocycles. The maximum Gasteiger partial charge on any atom is 0.338 e. The van der Waals surface area contributed by atoms with Crippen LogP contribution in [0, 0.1) is 10.1 Å². The number of ether oxygens (including phenoxy) is 1. The molecule has 1 aliphatic heterocycles. The number of fused-ring (bicyclic) bond motifs is 1. The van der Waals surface area contributed by atoms with Crippen molar-refractivity contribution in [2.75, 3.05) is 11.9 Å². The Balaban J connectivity index is 1.42. The highest BCUT2D eigenvalue weighted by Gasteiger charge is 2.35. The van der Waals surface area contributed by atoms with Gasteiger partial charge in [0, 0.05) is 23.6 Å². The van der Waals surface area contributed by atoms with Crippen molar-refractivity contribution in [1.82, 2.24) is 14.8 Å². The van der Waals surface area contributed by atoms with E-state index in [-0.39, 0.29) is 12.3 Å². The van der Waals surface area contributed by atoms with Crippen LogP contribution in [0.15, 0.2) is 95.3 Å². The molecular formula is C28H25N5O4S. The second-order valence-electron chi connectivity index (χ2n) is 8.65. The van der Waals surface area contributed by atoms with Gasteiger partial charge in [0.1, 0.15) is 6.04 Å². The minimum atomic E-state index is -0.725. The molecule has 0 bridgehead atoms. The third-order valence-electron chi connectivity index (χ3n) is 6.15. The molecule has 1 atom stereocenters. The zero-order chi connectivity index (χ0) is 26.6. The number of nitro benzene ring substituents is 1. The van der Waals surface area contributed by atoms with E-state index >= 15 is 0 Å². The lowest BCUT2D eigenvalue weighted by Crippen LogP contribution is -2.29. The van der Waals surface area contributed by atoms with E-state index in [1.54, 1.807) is 30.7 Å². The number of hydrogen-bond acceptors (Lipinski definition) is 8. The predicted octanol–water partition coefficient (Wildman–Crippen LogP) is 6.00. The number of anilines is 1. The smallest absolute Gasteiger partial charge is 0.338 e. The van der Waals surface area contributed by atoms with E-state index in [0.717, 1.165) is 16.7 Å². The van der Waals surface area contributed by atoms with Crippen molar-refractivity contribution in [2.45, 2.75) is 30.8 Å². The zero-order valence-corrected chi connectivity index (χ0v) is 21.6. The van der Waals surface area contributed by atoms with E-state index in [1.165, 1.54) is 23.9 Å². The number of allylic oxidation sites excluding steroid dienone is 1. The standard InChI is InChI=1S/C28H25N5O4S/c1-3-37-26(34)24-18(2)29-27-30-28(31-32(27)25(24)22-10-7-11-23(16-22)33(35)36)38-17-19-12-14-21(15-13-19)20-8-5-4-6-9-20/h4-16,25H,3,17H2,1-2H3,(H,29,30,31)/t25-/m0/s1. The molecule has 0 spiro atoms. The van der Waals surface area contributed by atoms with Gasteiger partial charge in [-0.2, -0.15) is 4.98 Å². The molecule has 192 valence electrons. The Hall–Kier alpha value is -4.44. The highest BCUT2D eigenvalue weighted by molar-refractivity contribution is 7.98. The number of benzene rings is 3. The van der Waals surface area contributed by atoms with Crippen LogP contribution >= 0.6 is 11.8 Å². The molecule has 0 radical (unpaired) electrons. The number of non-ortho nitro benzene ring substituents is 1. The third-order valence-corrected chi connectivity index (χ3v) is 7.06. The van der Waals surface area contributed by atoms with Crippen molar-refractivity contribution in [3.63, 3.8) is 0 Å². The number of carbonyl (C=O) groups is 1. The number of esters is 1. The molecule has 0 saturated heterocycles. The Kier molecular flexibility index (Phi) is 7.23. The molecule has 0 fully saturated rings. The van der Waals surface area contributed by atoms with Crippen LogP contribution in [-0.2, 0) is 15.3 Å². The highest BCUT2D eigenvalue weighted by Crippen LogP contribution is 2.38. The first-order valence-electron chi connectivity index (χ1n) is 12.1. The summed E-state index contributed by atoms with van der Waals surface area (Å²) in [5.41, 5.74) is 4.79. The van der Waals surface area contributed by atoms with Crippen LogP contribution in [0.4, 0.5) is 11.6 Å². The fourth-order valence-electron chi connectivity index (χ4n) is 4.35. The van der Waals surface area contributed by atoms with E-state index in [2.05, 4.69) is 51.8 Å². The summed E-state index contributed by atoms with van der Waals surface area (Å²) in [5.74, 6) is 0.591. The number of carbonyl (C=O) groups excluding carboxylic acids is 1. The molecule has 0 amide bonds. The molecule has 3 aromatic carbocycles. The molecule has 0 aliphatic carbocycles. The minimum Gasteiger partial charge on any atom is -0.463 e. The van der Waals surface area contributed by atoms with Gasteiger partial charge in [-0.1, -0.05) is 78.5 Å². The summed E-state index contributed by atoms with van der Waals surface area (Å²) in [5, 5.41) is 19.8. The van der Waals surface area contributed by atoms with Crippen LogP contribution in [0.5, 0.6) is 0 Å². The summed E-state index contributed by atoms with van der Waals surface area (Å²) in [7, 11) is 0. The Morgan fingerprint density at radius 1 is 1.08 bits per heavy atom. The van der Waals surface area contributed by atoms with Crippen molar-refractivity contribution in [2.24, 2.45) is 0 Å². The van der Waals surface area contributed by atoms with E-state index < -0.39 is 16.9 Å². The van der Waals surface area contributed by atoms with E-state index in [9.17, 15) is 14.9 Å². The van der Waals surface area contributed by atoms with Gasteiger partial charge >= 0.3 is 5.97 Å². The Morgan fingerprint density at radius 2 is 1.82 bits per heavy atom. The molecule has 2 heterocycles. The lowest BCUT2D eigenvalue weighted by molar-refractivity contribution is -0.384. The fourth-order valence-corrected chi connectivity index (χ4v) is 5.14. The molecule has 38 heavy (non-hydrogen) atoms. The van der Waals surface area contributed by atoms with Gasteiger partial charge in [0.2, 0.25) is 11.1 Å². The van der Waals surface area contributed by atoms with Crippen molar-refractivity contribution < 1.29 is 14.5 Å². The molecule has 1 N–H and O–H groups in total. The molecule has 4 aromatic rings. The number of nitrogens with one attached hydrogen (secondary N) is 1. The number of hydrogen-bond donors (Lipinski definition) is 1. The number of aromatic nitrogens is 3. The molecule has 5 rings (SSSR count). The first kappa shape index (κ1) is 25.2. The predicted molar refractivity (Wildman–Crippen MR) is 146 cm³/mol. The summed E-state index contributed by atoms with van der Waals surface area (Å²) in [4.78, 5) is 28.6. The van der Waals surface area contributed by atoms with Gasteiger partial charge in [-0.25, -0.2) is 9.48 Å². The third kappa shape index (κ3) is 5.16. The number of nitro groups is 1. The molecular weight excluding hydrogens is 502 g/mol. The summed E-state index contributed by atoms with van der Waals surface area (Å²) >= 11 is 1.47. The summed E-state index contributed by atoms with van der Waals surface area (Å²) in [6.07, 6.45) is 0. The normalized spacial score (nSPS) is 14.5. The lowest BCUT2D eigenvalue weighted by Gasteiger charge is -2.27. The van der Waals surface area contributed by atoms with Crippen LogP contribution in [0.2, 0.25) is 0 Å². The lowest BCUT2D eigenvalue weighted by atomic mass is 9.95. The summed E-state index contributed by atoms with van der Waals surface area (Å²) in [6, 6.07) is 24.0. The number of rotatable bonds is 8. The average molecular weight is 528 g/mol. The van der Waals surface area contributed by atoms with E-state index in [4.69, 9.17) is 4.74 Å². The second-order valence-corrected chi connectivity index (χ2v) is 9.60. The molecule has 0 saturated carbocycles. The first-order chi connectivity index (χ1) is 18.4. The molecule has 9 nitrogen and oxygen atoms in total. The van der Waals surface area contributed by atoms with Gasteiger partial charge in [-0.15, -0.1) is 5.10 Å². The Bertz CT molecular complexity index is 1520. The Morgan fingerprint density at radius 3 is 2.53 bits per heavy atom. The summed E-state index contributed by atoms with van der Waals surface area (Å²) in [6.45, 7) is 3.69. The highest BCUT2D eigenvalue weighted by atomic mass is 32.2. The maximum absolute atomic E-state index is 12.9. The van der Waals surface area contributed by atoms with Crippen LogP contribution in [0.25, 0.3) is 11.1 Å². The SMILES string of the molecule is CCOC(=O)C1=C(C)Nc2nc(SCc3ccc(-c4ccccc4)cc3)nn2[C@H]1c1cccc([N+](=O)[O-])c1. The second kappa shape index (κ2) is 10.9. The topological polar surface area (TPSA) is 112 Å². The maximum atomic E-state index is 12.9. The van der Waals surface area contributed by atoms with Crippen molar-refractivity contribution in [3.8, 4) is 11.1 Å². The van der Waals surface area contributed by atoms with E-state index in [0.29, 0.717) is 33.7 Å². The van der Waals surface area contributed by atoms with Gasteiger partial charge in [0.25, 0.3) is 5.69 Å². The van der Waals surface area contributed by atoms with Gasteiger partial charge in [-0.3, -0.25) is 10.1 Å².